The number of para-hydroxylation sites is 2. The van der Waals surface area contributed by atoms with Gasteiger partial charge in [0.1, 0.15) is 11.9 Å². The highest BCUT2D eigenvalue weighted by molar-refractivity contribution is 5.85. The van der Waals surface area contributed by atoms with Crippen LogP contribution in [-0.2, 0) is 11.3 Å². The lowest BCUT2D eigenvalue weighted by molar-refractivity contribution is -0.133. The summed E-state index contributed by atoms with van der Waals surface area (Å²) in [6.07, 6.45) is -1.03. The minimum absolute atomic E-state index is 0.188. The first-order chi connectivity index (χ1) is 13.1. The molecule has 27 heavy (non-hydrogen) atoms. The Bertz CT molecular complexity index is 985. The maximum Gasteiger partial charge on any atom is 0.265 e. The lowest BCUT2D eigenvalue weighted by Crippen LogP contribution is -2.48. The third kappa shape index (κ3) is 3.53. The summed E-state index contributed by atoms with van der Waals surface area (Å²) < 4.78 is 16.9. The fourth-order valence-corrected chi connectivity index (χ4v) is 3.21. The van der Waals surface area contributed by atoms with Gasteiger partial charge in [-0.3, -0.25) is 4.79 Å². The zero-order valence-corrected chi connectivity index (χ0v) is 15.3. The number of hydrogen-bond donors (Lipinski definition) is 1. The van der Waals surface area contributed by atoms with Crippen molar-refractivity contribution in [1.82, 2.24) is 5.32 Å². The van der Waals surface area contributed by atoms with Crippen LogP contribution in [0.25, 0.3) is 10.8 Å². The molecule has 1 aliphatic rings. The fraction of sp³-hybridized carbons (Fsp3) is 0.227. The van der Waals surface area contributed by atoms with Gasteiger partial charge in [-0.05, 0) is 53.6 Å². The Morgan fingerprint density at radius 2 is 1.70 bits per heavy atom. The summed E-state index contributed by atoms with van der Waals surface area (Å²) in [6, 6.07) is 19.4. The molecule has 0 radical (unpaired) electrons. The third-order valence-corrected chi connectivity index (χ3v) is 4.68. The molecule has 2 atom stereocenters. The minimum Gasteiger partial charge on any atom is -0.497 e. The number of amides is 1. The van der Waals surface area contributed by atoms with Gasteiger partial charge in [0.2, 0.25) is 6.10 Å². The second kappa shape index (κ2) is 7.19. The van der Waals surface area contributed by atoms with Gasteiger partial charge in [0.25, 0.3) is 5.91 Å². The maximum atomic E-state index is 12.6. The van der Waals surface area contributed by atoms with Crippen LogP contribution in [0.5, 0.6) is 17.2 Å². The Hall–Kier alpha value is -3.21. The molecule has 5 nitrogen and oxygen atoms in total. The molecule has 1 N–H and O–H groups in total. The van der Waals surface area contributed by atoms with Crippen LogP contribution in [0.1, 0.15) is 12.5 Å². The molecule has 138 valence electrons. The molecule has 3 aromatic rings. The monoisotopic (exact) mass is 363 g/mol. The van der Waals surface area contributed by atoms with Gasteiger partial charge >= 0.3 is 0 Å². The maximum absolute atomic E-state index is 12.6. The van der Waals surface area contributed by atoms with E-state index in [1.807, 2.05) is 55.5 Å². The van der Waals surface area contributed by atoms with E-state index in [0.717, 1.165) is 22.1 Å². The average Bonchev–Trinajstić information content (AvgIpc) is 2.70. The summed E-state index contributed by atoms with van der Waals surface area (Å²) >= 11 is 0. The second-order valence-corrected chi connectivity index (χ2v) is 6.57. The first-order valence-electron chi connectivity index (χ1n) is 8.91. The molecule has 0 fully saturated rings. The number of nitrogens with one attached hydrogen (secondary N) is 1. The molecule has 1 aliphatic heterocycles. The number of carbonyl (C=O) groups is 1. The van der Waals surface area contributed by atoms with Gasteiger partial charge in [-0.2, -0.15) is 0 Å². The number of rotatable bonds is 4. The van der Waals surface area contributed by atoms with E-state index in [2.05, 4.69) is 11.4 Å². The van der Waals surface area contributed by atoms with Gasteiger partial charge in [-0.1, -0.05) is 30.3 Å². The Labute approximate surface area is 157 Å². The van der Waals surface area contributed by atoms with Crippen LogP contribution in [0.3, 0.4) is 0 Å². The standard InChI is InChI=1S/C22H21NO4/c1-14-21(27-20-6-4-3-5-19(20)26-14)22(24)23-13-15-7-8-17-12-18(25-2)10-9-16(17)11-15/h3-12,14,21H,13H2,1-2H3,(H,23,24)/t14-,21-/m0/s1. The summed E-state index contributed by atoms with van der Waals surface area (Å²) in [5.74, 6) is 1.90. The molecule has 5 heteroatoms. The van der Waals surface area contributed by atoms with Gasteiger partial charge in [0.05, 0.1) is 7.11 Å². The van der Waals surface area contributed by atoms with E-state index in [1.165, 1.54) is 0 Å². The Morgan fingerprint density at radius 3 is 2.48 bits per heavy atom. The second-order valence-electron chi connectivity index (χ2n) is 6.57. The van der Waals surface area contributed by atoms with Crippen molar-refractivity contribution in [3.63, 3.8) is 0 Å². The number of benzene rings is 3. The van der Waals surface area contributed by atoms with Crippen LogP contribution in [0, 0.1) is 0 Å². The zero-order chi connectivity index (χ0) is 18.8. The van der Waals surface area contributed by atoms with E-state index in [9.17, 15) is 4.79 Å². The van der Waals surface area contributed by atoms with Crippen molar-refractivity contribution in [2.24, 2.45) is 0 Å². The average molecular weight is 363 g/mol. The first-order valence-corrected chi connectivity index (χ1v) is 8.91. The zero-order valence-electron chi connectivity index (χ0n) is 15.3. The SMILES string of the molecule is COc1ccc2cc(CNC(=O)[C@H]3Oc4ccccc4O[C@H]3C)ccc2c1. The predicted octanol–water partition coefficient (Wildman–Crippen LogP) is 3.69. The summed E-state index contributed by atoms with van der Waals surface area (Å²) in [6.45, 7) is 2.26. The molecule has 0 saturated heterocycles. The number of carbonyl (C=O) groups excluding carboxylic acids is 1. The largest absolute Gasteiger partial charge is 0.497 e. The molecule has 0 aliphatic carbocycles. The van der Waals surface area contributed by atoms with Gasteiger partial charge in [0.15, 0.2) is 11.5 Å². The van der Waals surface area contributed by atoms with Crippen LogP contribution in [-0.4, -0.2) is 25.2 Å². The van der Waals surface area contributed by atoms with Crippen LogP contribution < -0.4 is 19.5 Å². The van der Waals surface area contributed by atoms with E-state index < -0.39 is 6.10 Å². The number of fused-ring (bicyclic) bond motifs is 2. The van der Waals surface area contributed by atoms with Gasteiger partial charge < -0.3 is 19.5 Å². The molecule has 4 rings (SSSR count). The quantitative estimate of drug-likeness (QED) is 0.768. The molecule has 0 bridgehead atoms. The van der Waals surface area contributed by atoms with Crippen molar-refractivity contribution in [3.8, 4) is 17.2 Å². The van der Waals surface area contributed by atoms with Crippen molar-refractivity contribution >= 4 is 16.7 Å². The lowest BCUT2D eigenvalue weighted by Gasteiger charge is -2.31. The highest BCUT2D eigenvalue weighted by atomic mass is 16.6. The molecule has 0 unspecified atom stereocenters. The summed E-state index contributed by atoms with van der Waals surface area (Å²) in [7, 11) is 1.65. The minimum atomic E-state index is -0.676. The highest BCUT2D eigenvalue weighted by Crippen LogP contribution is 2.33. The molecular formula is C22H21NO4. The van der Waals surface area contributed by atoms with Crippen molar-refractivity contribution in [2.45, 2.75) is 25.7 Å². The molecule has 0 saturated carbocycles. The Balaban J connectivity index is 1.44. The van der Waals surface area contributed by atoms with Crippen molar-refractivity contribution in [3.05, 3.63) is 66.2 Å². The van der Waals surface area contributed by atoms with Crippen LogP contribution in [0.2, 0.25) is 0 Å². The van der Waals surface area contributed by atoms with Crippen LogP contribution in [0.15, 0.2) is 60.7 Å². The van der Waals surface area contributed by atoms with Gasteiger partial charge in [0, 0.05) is 6.54 Å². The van der Waals surface area contributed by atoms with Crippen LogP contribution >= 0.6 is 0 Å². The third-order valence-electron chi connectivity index (χ3n) is 4.68. The summed E-state index contributed by atoms with van der Waals surface area (Å²) in [5, 5.41) is 5.14. The fourth-order valence-electron chi connectivity index (χ4n) is 3.21. The summed E-state index contributed by atoms with van der Waals surface area (Å²) in [4.78, 5) is 12.6. The van der Waals surface area contributed by atoms with E-state index >= 15 is 0 Å². The lowest BCUT2D eigenvalue weighted by atomic mass is 10.1. The van der Waals surface area contributed by atoms with E-state index in [4.69, 9.17) is 14.2 Å². The van der Waals surface area contributed by atoms with Gasteiger partial charge in [-0.15, -0.1) is 0 Å². The molecule has 0 spiro atoms. The van der Waals surface area contributed by atoms with Crippen molar-refractivity contribution < 1.29 is 19.0 Å². The smallest absolute Gasteiger partial charge is 0.265 e. The predicted molar refractivity (Wildman–Crippen MR) is 103 cm³/mol. The molecule has 3 aromatic carbocycles. The highest BCUT2D eigenvalue weighted by Gasteiger charge is 2.33. The number of hydrogen-bond acceptors (Lipinski definition) is 4. The molecule has 1 heterocycles. The van der Waals surface area contributed by atoms with Crippen molar-refractivity contribution in [1.29, 1.82) is 0 Å². The number of ether oxygens (including phenoxy) is 3. The summed E-state index contributed by atoms with van der Waals surface area (Å²) in [5.41, 5.74) is 1.02. The van der Waals surface area contributed by atoms with Crippen molar-refractivity contribution in [2.75, 3.05) is 7.11 Å². The molecule has 0 aromatic heterocycles. The van der Waals surface area contributed by atoms with Crippen LogP contribution in [0.4, 0.5) is 0 Å². The Kier molecular flexibility index (Phi) is 4.59. The molecule has 1 amide bonds. The normalized spacial score (nSPS) is 18.1. The van der Waals surface area contributed by atoms with Gasteiger partial charge in [-0.25, -0.2) is 0 Å². The van der Waals surface area contributed by atoms with E-state index in [1.54, 1.807) is 13.2 Å². The van der Waals surface area contributed by atoms with E-state index in [-0.39, 0.29) is 12.0 Å². The first kappa shape index (κ1) is 17.2. The Morgan fingerprint density at radius 1 is 1.00 bits per heavy atom. The van der Waals surface area contributed by atoms with E-state index in [0.29, 0.717) is 18.0 Å². The molecular weight excluding hydrogens is 342 g/mol. The topological polar surface area (TPSA) is 56.8 Å². The number of methoxy groups -OCH3 is 1.